The van der Waals surface area contributed by atoms with E-state index in [0.717, 1.165) is 5.56 Å². The Labute approximate surface area is 106 Å². The molecule has 96 valence electrons. The first-order valence-electron chi connectivity index (χ1n) is 5.35. The molecule has 0 atom stereocenters. The number of nitrogens with zero attached hydrogens (tertiary/aromatic N) is 1. The van der Waals surface area contributed by atoms with E-state index in [0.29, 0.717) is 0 Å². The molecule has 1 aromatic carbocycles. The lowest BCUT2D eigenvalue weighted by Crippen LogP contribution is -2.20. The van der Waals surface area contributed by atoms with Crippen LogP contribution in [0.3, 0.4) is 0 Å². The second-order valence-electron chi connectivity index (χ2n) is 4.16. The van der Waals surface area contributed by atoms with Crippen LogP contribution < -0.4 is 0 Å². The van der Waals surface area contributed by atoms with Gasteiger partial charge >= 0.3 is 10.1 Å². The number of benzene rings is 1. The number of hydrogen-bond acceptors (Lipinski definition) is 4. The lowest BCUT2D eigenvalue weighted by molar-refractivity contribution is -0.123. The number of aryl methyl sites for hydroxylation is 1. The van der Waals surface area contributed by atoms with Crippen LogP contribution in [0.2, 0.25) is 0 Å². The lowest BCUT2D eigenvalue weighted by atomic mass is 10.2. The molecule has 0 aromatic heterocycles. The fraction of sp³-hybridized carbons (Fsp3) is 0.250. The molecular weight excluding hydrogens is 254 g/mol. The maximum Gasteiger partial charge on any atom is 0.338 e. The molecule has 1 aliphatic heterocycles. The fourth-order valence-electron chi connectivity index (χ4n) is 1.55. The highest BCUT2D eigenvalue weighted by Gasteiger charge is 2.24. The van der Waals surface area contributed by atoms with Crippen molar-refractivity contribution in [2.45, 2.75) is 11.8 Å². The van der Waals surface area contributed by atoms with Crippen molar-refractivity contribution in [2.24, 2.45) is 0 Å². The Morgan fingerprint density at radius 3 is 2.33 bits per heavy atom. The molecule has 0 saturated heterocycles. The Morgan fingerprint density at radius 2 is 1.83 bits per heavy atom. The van der Waals surface area contributed by atoms with Gasteiger partial charge in [-0.15, -0.1) is 0 Å². The summed E-state index contributed by atoms with van der Waals surface area (Å²) in [6.07, 6.45) is 1.19. The summed E-state index contributed by atoms with van der Waals surface area (Å²) >= 11 is 0. The van der Waals surface area contributed by atoms with Crippen molar-refractivity contribution in [3.63, 3.8) is 0 Å². The summed E-state index contributed by atoms with van der Waals surface area (Å²) in [5.41, 5.74) is 0.962. The number of hydrogen-bond donors (Lipinski definition) is 0. The quantitative estimate of drug-likeness (QED) is 0.768. The normalized spacial score (nSPS) is 15.8. The van der Waals surface area contributed by atoms with Crippen molar-refractivity contribution in [1.29, 1.82) is 0 Å². The van der Waals surface area contributed by atoms with Crippen molar-refractivity contribution in [3.05, 3.63) is 41.7 Å². The third-order valence-electron chi connectivity index (χ3n) is 2.58. The van der Waals surface area contributed by atoms with Crippen molar-refractivity contribution in [2.75, 3.05) is 13.6 Å². The third kappa shape index (κ3) is 2.53. The average Bonchev–Trinajstić information content (AvgIpc) is 2.57. The molecule has 5 nitrogen and oxygen atoms in total. The number of rotatable bonds is 3. The first-order chi connectivity index (χ1) is 8.38. The van der Waals surface area contributed by atoms with Crippen LogP contribution in [0.5, 0.6) is 0 Å². The molecule has 1 heterocycles. The molecule has 18 heavy (non-hydrogen) atoms. The number of carbonyl (C=O) groups excluding carboxylic acids is 1. The largest absolute Gasteiger partial charge is 0.381 e. The van der Waals surface area contributed by atoms with Crippen molar-refractivity contribution in [1.82, 2.24) is 4.90 Å². The van der Waals surface area contributed by atoms with Gasteiger partial charge in [-0.1, -0.05) is 17.7 Å². The summed E-state index contributed by atoms with van der Waals surface area (Å²) in [7, 11) is -2.28. The van der Waals surface area contributed by atoms with E-state index in [1.807, 2.05) is 6.92 Å². The van der Waals surface area contributed by atoms with Crippen molar-refractivity contribution >= 4 is 16.0 Å². The zero-order valence-electron chi connectivity index (χ0n) is 10.1. The van der Waals surface area contributed by atoms with Crippen LogP contribution in [0.15, 0.2) is 41.0 Å². The Hall–Kier alpha value is -1.82. The topological polar surface area (TPSA) is 63.7 Å². The van der Waals surface area contributed by atoms with Crippen molar-refractivity contribution < 1.29 is 17.4 Å². The highest BCUT2D eigenvalue weighted by molar-refractivity contribution is 7.86. The van der Waals surface area contributed by atoms with Gasteiger partial charge in [0.25, 0.3) is 0 Å². The van der Waals surface area contributed by atoms with Crippen LogP contribution in [-0.4, -0.2) is 32.8 Å². The lowest BCUT2D eigenvalue weighted by Gasteiger charge is -2.10. The van der Waals surface area contributed by atoms with E-state index in [1.54, 1.807) is 19.2 Å². The van der Waals surface area contributed by atoms with Gasteiger partial charge in [-0.25, -0.2) is 0 Å². The van der Waals surface area contributed by atoms with Gasteiger partial charge in [-0.05, 0) is 19.1 Å². The van der Waals surface area contributed by atoms with E-state index < -0.39 is 10.1 Å². The molecule has 2 rings (SSSR count). The van der Waals surface area contributed by atoms with Crippen LogP contribution in [0, 0.1) is 6.92 Å². The minimum absolute atomic E-state index is 0.0796. The van der Waals surface area contributed by atoms with Crippen LogP contribution >= 0.6 is 0 Å². The predicted molar refractivity (Wildman–Crippen MR) is 65.2 cm³/mol. The summed E-state index contributed by atoms with van der Waals surface area (Å²) in [6, 6.07) is 6.34. The summed E-state index contributed by atoms with van der Waals surface area (Å²) < 4.78 is 28.8. The predicted octanol–water partition coefficient (Wildman–Crippen LogP) is 1.06. The van der Waals surface area contributed by atoms with Crippen LogP contribution in [-0.2, 0) is 19.1 Å². The van der Waals surface area contributed by atoms with Crippen LogP contribution in [0.1, 0.15) is 5.56 Å². The Morgan fingerprint density at radius 1 is 1.22 bits per heavy atom. The molecule has 0 spiro atoms. The molecule has 0 aliphatic carbocycles. The van der Waals surface area contributed by atoms with Crippen LogP contribution in [0.25, 0.3) is 0 Å². The van der Waals surface area contributed by atoms with E-state index in [1.165, 1.54) is 23.1 Å². The van der Waals surface area contributed by atoms with Gasteiger partial charge in [0.1, 0.15) is 10.7 Å². The monoisotopic (exact) mass is 267 g/mol. The molecule has 1 aromatic rings. The highest BCUT2D eigenvalue weighted by atomic mass is 32.2. The third-order valence-corrected chi connectivity index (χ3v) is 3.86. The minimum Gasteiger partial charge on any atom is -0.381 e. The standard InChI is InChI=1S/C12H13NO4S/c1-9-3-5-11(6-4-9)18(15,16)17-10-7-12(14)13(2)8-10/h3-7H,8H2,1-2H3. The molecule has 1 aliphatic rings. The van der Waals surface area contributed by atoms with Gasteiger partial charge in [-0.3, -0.25) is 4.79 Å². The fourth-order valence-corrected chi connectivity index (χ4v) is 2.50. The number of likely N-dealkylation sites (N-methyl/N-ethyl adjacent to an activating group) is 1. The smallest absolute Gasteiger partial charge is 0.338 e. The van der Waals surface area contributed by atoms with E-state index in [4.69, 9.17) is 4.18 Å². The maximum absolute atomic E-state index is 11.9. The van der Waals surface area contributed by atoms with Crippen molar-refractivity contribution in [3.8, 4) is 0 Å². The summed E-state index contributed by atoms with van der Waals surface area (Å²) in [5.74, 6) is -0.118. The Kier molecular flexibility index (Phi) is 3.13. The Balaban J connectivity index is 2.21. The molecular formula is C12H13NO4S. The second-order valence-corrected chi connectivity index (χ2v) is 5.70. The summed E-state index contributed by atoms with van der Waals surface area (Å²) in [6.45, 7) is 2.04. The van der Waals surface area contributed by atoms with E-state index in [9.17, 15) is 13.2 Å². The van der Waals surface area contributed by atoms with Gasteiger partial charge in [0.05, 0.1) is 6.54 Å². The first kappa shape index (κ1) is 12.6. The zero-order valence-corrected chi connectivity index (χ0v) is 10.9. The molecule has 0 fully saturated rings. The highest BCUT2D eigenvalue weighted by Crippen LogP contribution is 2.19. The van der Waals surface area contributed by atoms with Gasteiger partial charge < -0.3 is 9.08 Å². The summed E-state index contributed by atoms with van der Waals surface area (Å²) in [4.78, 5) is 12.7. The van der Waals surface area contributed by atoms with E-state index in [2.05, 4.69) is 0 Å². The number of carbonyl (C=O) groups is 1. The van der Waals surface area contributed by atoms with E-state index in [-0.39, 0.29) is 23.1 Å². The molecule has 0 unspecified atom stereocenters. The second kappa shape index (κ2) is 4.45. The Bertz CT molecular complexity index is 601. The molecule has 0 radical (unpaired) electrons. The van der Waals surface area contributed by atoms with Gasteiger partial charge in [-0.2, -0.15) is 8.42 Å². The number of amides is 1. The molecule has 0 N–H and O–H groups in total. The minimum atomic E-state index is -3.85. The van der Waals surface area contributed by atoms with E-state index >= 15 is 0 Å². The van der Waals surface area contributed by atoms with Gasteiger partial charge in [0.2, 0.25) is 5.91 Å². The SMILES string of the molecule is Cc1ccc(S(=O)(=O)OC2=CC(=O)N(C)C2)cc1. The zero-order chi connectivity index (χ0) is 13.3. The first-order valence-corrected chi connectivity index (χ1v) is 6.76. The average molecular weight is 267 g/mol. The molecule has 1 amide bonds. The summed E-state index contributed by atoms with van der Waals surface area (Å²) in [5, 5.41) is 0. The molecule has 6 heteroatoms. The van der Waals surface area contributed by atoms with Gasteiger partial charge in [0, 0.05) is 13.1 Å². The molecule has 0 bridgehead atoms. The maximum atomic E-state index is 11.9. The van der Waals surface area contributed by atoms with Gasteiger partial charge in [0.15, 0.2) is 0 Å². The molecule has 0 saturated carbocycles. The van der Waals surface area contributed by atoms with Crippen LogP contribution in [0.4, 0.5) is 0 Å².